The van der Waals surface area contributed by atoms with Gasteiger partial charge in [-0.2, -0.15) is 0 Å². The van der Waals surface area contributed by atoms with Crippen LogP contribution in [0.15, 0.2) is 18.2 Å². The third-order valence-electron chi connectivity index (χ3n) is 3.98. The Balaban J connectivity index is 2.04. The van der Waals surface area contributed by atoms with Crippen molar-refractivity contribution < 1.29 is 14.6 Å². The normalized spacial score (nSPS) is 30.8. The van der Waals surface area contributed by atoms with E-state index in [-0.39, 0.29) is 12.0 Å². The summed E-state index contributed by atoms with van der Waals surface area (Å²) in [5, 5.41) is 9.30. The molecule has 0 bridgehead atoms. The van der Waals surface area contributed by atoms with E-state index in [1.807, 2.05) is 12.1 Å². The van der Waals surface area contributed by atoms with Crippen molar-refractivity contribution >= 4 is 0 Å². The van der Waals surface area contributed by atoms with Gasteiger partial charge >= 0.3 is 0 Å². The molecule has 16 heavy (non-hydrogen) atoms. The van der Waals surface area contributed by atoms with Gasteiger partial charge in [0.15, 0.2) is 0 Å². The number of benzene rings is 1. The van der Waals surface area contributed by atoms with Crippen molar-refractivity contribution in [3.05, 3.63) is 23.8 Å². The van der Waals surface area contributed by atoms with E-state index in [0.29, 0.717) is 5.92 Å². The summed E-state index contributed by atoms with van der Waals surface area (Å²) in [6.45, 7) is 1.03. The number of fused-ring (bicyclic) bond motifs is 2. The molecular formula is C13H16O3. The maximum absolute atomic E-state index is 9.30. The van der Waals surface area contributed by atoms with E-state index < -0.39 is 0 Å². The number of rotatable bonds is 2. The first-order chi connectivity index (χ1) is 7.80. The number of hydrogen-bond acceptors (Lipinski definition) is 3. The summed E-state index contributed by atoms with van der Waals surface area (Å²) in [7, 11) is 1.68. The largest absolute Gasteiger partial charge is 0.497 e. The van der Waals surface area contributed by atoms with Gasteiger partial charge in [-0.05, 0) is 37.0 Å². The number of methoxy groups -OCH3 is 1. The molecule has 0 radical (unpaired) electrons. The van der Waals surface area contributed by atoms with Crippen LogP contribution in [-0.4, -0.2) is 25.4 Å². The Kier molecular flexibility index (Phi) is 2.11. The molecule has 1 fully saturated rings. The van der Waals surface area contributed by atoms with E-state index in [0.717, 1.165) is 30.9 Å². The molecule has 1 N–H and O–H groups in total. The maximum atomic E-state index is 9.30. The fraction of sp³-hybridized carbons (Fsp3) is 0.538. The molecule has 0 unspecified atom stereocenters. The third kappa shape index (κ3) is 1.24. The molecule has 1 aliphatic heterocycles. The van der Waals surface area contributed by atoms with Gasteiger partial charge in [-0.1, -0.05) is 0 Å². The lowest BCUT2D eigenvalue weighted by Crippen LogP contribution is -2.22. The van der Waals surface area contributed by atoms with Crippen LogP contribution in [0.3, 0.4) is 0 Å². The molecule has 0 saturated heterocycles. The van der Waals surface area contributed by atoms with Crippen LogP contribution in [0.2, 0.25) is 0 Å². The van der Waals surface area contributed by atoms with Crippen molar-refractivity contribution in [1.82, 2.24) is 0 Å². The standard InChI is InChI=1S/C13H16O3/c1-15-10-2-3-12-11(6-10)13(4-5-16-12)7-9(13)8-14/h2-3,6,9,14H,4-5,7-8H2,1H3/t9-,13-/m1/s1. The van der Waals surface area contributed by atoms with Crippen molar-refractivity contribution in [2.24, 2.45) is 5.92 Å². The zero-order valence-electron chi connectivity index (χ0n) is 9.40. The van der Waals surface area contributed by atoms with Crippen LogP contribution in [0.4, 0.5) is 0 Å². The first-order valence-corrected chi connectivity index (χ1v) is 5.72. The van der Waals surface area contributed by atoms with Gasteiger partial charge < -0.3 is 14.6 Å². The number of aliphatic hydroxyl groups is 1. The summed E-state index contributed by atoms with van der Waals surface area (Å²) in [6.07, 6.45) is 2.09. The predicted molar refractivity (Wildman–Crippen MR) is 60.0 cm³/mol. The van der Waals surface area contributed by atoms with Crippen LogP contribution < -0.4 is 9.47 Å². The van der Waals surface area contributed by atoms with Crippen molar-refractivity contribution in [2.45, 2.75) is 18.3 Å². The molecule has 0 aromatic heterocycles. The van der Waals surface area contributed by atoms with E-state index in [1.165, 1.54) is 5.56 Å². The Morgan fingerprint density at radius 3 is 3.12 bits per heavy atom. The van der Waals surface area contributed by atoms with Gasteiger partial charge in [-0.3, -0.25) is 0 Å². The van der Waals surface area contributed by atoms with Gasteiger partial charge in [0.05, 0.1) is 13.7 Å². The second-order valence-electron chi connectivity index (χ2n) is 4.70. The summed E-state index contributed by atoms with van der Waals surface area (Å²) in [4.78, 5) is 0. The molecule has 2 aliphatic rings. The van der Waals surface area contributed by atoms with Gasteiger partial charge in [0.25, 0.3) is 0 Å². The Labute approximate surface area is 95.0 Å². The van der Waals surface area contributed by atoms with E-state index in [2.05, 4.69) is 6.07 Å². The van der Waals surface area contributed by atoms with Crippen LogP contribution >= 0.6 is 0 Å². The lowest BCUT2D eigenvalue weighted by Gasteiger charge is -2.27. The average molecular weight is 220 g/mol. The van der Waals surface area contributed by atoms with Gasteiger partial charge in [0.2, 0.25) is 0 Å². The fourth-order valence-corrected chi connectivity index (χ4v) is 2.88. The molecular weight excluding hydrogens is 204 g/mol. The minimum atomic E-state index is 0.164. The van der Waals surface area contributed by atoms with Crippen LogP contribution in [0.25, 0.3) is 0 Å². The molecule has 0 amide bonds. The third-order valence-corrected chi connectivity index (χ3v) is 3.98. The predicted octanol–water partition coefficient (Wildman–Crippen LogP) is 1.73. The minimum Gasteiger partial charge on any atom is -0.497 e. The Hall–Kier alpha value is -1.22. The lowest BCUT2D eigenvalue weighted by atomic mass is 9.87. The molecule has 1 spiro atoms. The number of hydrogen-bond donors (Lipinski definition) is 1. The molecule has 1 aromatic rings. The molecule has 3 heteroatoms. The highest BCUT2D eigenvalue weighted by Gasteiger charge is 2.57. The molecule has 1 heterocycles. The molecule has 1 saturated carbocycles. The molecule has 3 nitrogen and oxygen atoms in total. The van der Waals surface area contributed by atoms with Crippen LogP contribution in [0.1, 0.15) is 18.4 Å². The average Bonchev–Trinajstić information content (AvgIpc) is 3.04. The first kappa shape index (κ1) is 9.97. The van der Waals surface area contributed by atoms with Crippen molar-refractivity contribution in [3.63, 3.8) is 0 Å². The lowest BCUT2D eigenvalue weighted by molar-refractivity contribution is 0.224. The Morgan fingerprint density at radius 2 is 2.44 bits per heavy atom. The fourth-order valence-electron chi connectivity index (χ4n) is 2.88. The number of aliphatic hydroxyl groups excluding tert-OH is 1. The van der Waals surface area contributed by atoms with E-state index in [4.69, 9.17) is 9.47 Å². The summed E-state index contributed by atoms with van der Waals surface area (Å²) < 4.78 is 10.9. The summed E-state index contributed by atoms with van der Waals surface area (Å²) in [5.41, 5.74) is 1.38. The number of ether oxygens (including phenoxy) is 2. The van der Waals surface area contributed by atoms with E-state index in [9.17, 15) is 5.11 Å². The quantitative estimate of drug-likeness (QED) is 0.825. The van der Waals surface area contributed by atoms with Crippen LogP contribution in [0, 0.1) is 5.92 Å². The zero-order valence-corrected chi connectivity index (χ0v) is 9.40. The van der Waals surface area contributed by atoms with Crippen LogP contribution in [-0.2, 0) is 5.41 Å². The summed E-state index contributed by atoms with van der Waals surface area (Å²) in [5.74, 6) is 2.23. The second kappa shape index (κ2) is 3.39. The minimum absolute atomic E-state index is 0.164. The topological polar surface area (TPSA) is 38.7 Å². The Bertz CT molecular complexity index is 416. The summed E-state index contributed by atoms with van der Waals surface area (Å²) >= 11 is 0. The first-order valence-electron chi connectivity index (χ1n) is 5.72. The molecule has 1 aliphatic carbocycles. The van der Waals surface area contributed by atoms with Gasteiger partial charge in [0, 0.05) is 17.6 Å². The molecule has 86 valence electrons. The zero-order chi connectivity index (χ0) is 11.2. The Morgan fingerprint density at radius 1 is 1.56 bits per heavy atom. The van der Waals surface area contributed by atoms with E-state index >= 15 is 0 Å². The van der Waals surface area contributed by atoms with Gasteiger partial charge in [-0.15, -0.1) is 0 Å². The van der Waals surface area contributed by atoms with Crippen LogP contribution in [0.5, 0.6) is 11.5 Å². The molecule has 3 rings (SSSR count). The highest BCUT2D eigenvalue weighted by atomic mass is 16.5. The monoisotopic (exact) mass is 220 g/mol. The van der Waals surface area contributed by atoms with Gasteiger partial charge in [-0.25, -0.2) is 0 Å². The van der Waals surface area contributed by atoms with E-state index in [1.54, 1.807) is 7.11 Å². The maximum Gasteiger partial charge on any atom is 0.123 e. The second-order valence-corrected chi connectivity index (χ2v) is 4.70. The van der Waals surface area contributed by atoms with Crippen molar-refractivity contribution in [1.29, 1.82) is 0 Å². The summed E-state index contributed by atoms with van der Waals surface area (Å²) in [6, 6.07) is 5.96. The SMILES string of the molecule is COc1ccc2c(c1)[C@]1(CCO2)C[C@@H]1CO. The smallest absolute Gasteiger partial charge is 0.123 e. The van der Waals surface area contributed by atoms with Crippen molar-refractivity contribution in [3.8, 4) is 11.5 Å². The van der Waals surface area contributed by atoms with Crippen molar-refractivity contribution in [2.75, 3.05) is 20.3 Å². The highest BCUT2D eigenvalue weighted by Crippen LogP contribution is 2.60. The molecule has 2 atom stereocenters. The molecule has 1 aromatic carbocycles. The van der Waals surface area contributed by atoms with Gasteiger partial charge in [0.1, 0.15) is 11.5 Å². The highest BCUT2D eigenvalue weighted by molar-refractivity contribution is 5.50.